The van der Waals surface area contributed by atoms with Gasteiger partial charge in [-0.2, -0.15) is 0 Å². The topological polar surface area (TPSA) is 25.8 Å². The van der Waals surface area contributed by atoms with Crippen LogP contribution in [0.25, 0.3) is 72.7 Å². The molecule has 0 radical (unpaired) electrons. The summed E-state index contributed by atoms with van der Waals surface area (Å²) in [7, 11) is -3.37. The van der Waals surface area contributed by atoms with E-state index in [2.05, 4.69) is 267 Å². The van der Waals surface area contributed by atoms with Crippen molar-refractivity contribution in [2.75, 3.05) is 6.26 Å². The Morgan fingerprint density at radius 1 is 0.338 bits per heavy atom. The van der Waals surface area contributed by atoms with E-state index in [9.17, 15) is 0 Å². The van der Waals surface area contributed by atoms with Gasteiger partial charge in [0.15, 0.2) is 5.82 Å². The first-order valence-corrected chi connectivity index (χ1v) is 26.2. The molecule has 0 saturated heterocycles. The number of nitrogens with zero attached hydrogens (tertiary/aromatic N) is 2. The number of benzene rings is 9. The van der Waals surface area contributed by atoms with Crippen LogP contribution in [-0.2, 0) is 0 Å². The van der Waals surface area contributed by atoms with Crippen LogP contribution in [-0.4, -0.2) is 16.2 Å². The van der Waals surface area contributed by atoms with Crippen molar-refractivity contribution in [2.45, 2.75) is 32.4 Å². The molecule has 0 saturated carbocycles. The molecule has 0 amide bonds. The van der Waals surface area contributed by atoms with Crippen LogP contribution in [0.15, 0.2) is 287 Å². The Labute approximate surface area is 401 Å². The van der Waals surface area contributed by atoms with Gasteiger partial charge in [0.1, 0.15) is 0 Å². The van der Waals surface area contributed by atoms with Crippen molar-refractivity contribution in [1.82, 2.24) is 9.97 Å². The second kappa shape index (κ2) is 18.3. The Morgan fingerprint density at radius 3 is 1.32 bits per heavy atom. The van der Waals surface area contributed by atoms with Gasteiger partial charge in [0.25, 0.3) is 0 Å². The average molecular weight is 893 g/mol. The number of hydrogen-bond acceptors (Lipinski definition) is 2. The van der Waals surface area contributed by atoms with Gasteiger partial charge in [0.2, 0.25) is 0 Å². The zero-order chi connectivity index (χ0) is 45.8. The molecule has 11 rings (SSSR count). The van der Waals surface area contributed by atoms with E-state index in [0.29, 0.717) is 0 Å². The van der Waals surface area contributed by atoms with Crippen LogP contribution in [0.3, 0.4) is 0 Å². The molecule has 1 heterocycles. The summed E-state index contributed by atoms with van der Waals surface area (Å²) in [5.74, 6) is 0.719. The maximum absolute atomic E-state index is 5.27. The maximum Gasteiger partial charge on any atom is 0.160 e. The molecule has 68 heavy (non-hydrogen) atoms. The Kier molecular flexibility index (Phi) is 11.4. The summed E-state index contributed by atoms with van der Waals surface area (Å²) in [5, 5.41) is 0. The van der Waals surface area contributed by atoms with Gasteiger partial charge in [0, 0.05) is 11.1 Å². The fourth-order valence-electron chi connectivity index (χ4n) is 10.2. The number of allylic oxidation sites excluding steroid dienone is 4. The summed E-state index contributed by atoms with van der Waals surface area (Å²) in [4.78, 5) is 15.7. The summed E-state index contributed by atoms with van der Waals surface area (Å²) in [6, 6.07) is 91.0. The lowest BCUT2D eigenvalue weighted by Gasteiger charge is -2.60. The molecule has 10 aromatic rings. The minimum absolute atomic E-state index is 0.719. The third-order valence-electron chi connectivity index (χ3n) is 13.8. The normalized spacial score (nSPS) is 13.0. The highest BCUT2D eigenvalue weighted by Gasteiger charge is 2.44. The maximum atomic E-state index is 5.27. The van der Waals surface area contributed by atoms with Gasteiger partial charge >= 0.3 is 0 Å². The first-order valence-electron chi connectivity index (χ1n) is 23.6. The summed E-state index contributed by atoms with van der Waals surface area (Å²) in [6.45, 7) is 0. The van der Waals surface area contributed by atoms with E-state index in [1.54, 1.807) is 0 Å². The number of hydrogen-bond donors (Lipinski definition) is 1. The van der Waals surface area contributed by atoms with E-state index in [4.69, 9.17) is 9.97 Å². The van der Waals surface area contributed by atoms with Crippen molar-refractivity contribution in [2.24, 2.45) is 0 Å². The van der Waals surface area contributed by atoms with Crippen LogP contribution in [0, 0.1) is 0 Å². The average Bonchev–Trinajstić information content (AvgIpc) is 3.44. The van der Waals surface area contributed by atoms with Gasteiger partial charge in [-0.3, -0.25) is 0 Å². The highest BCUT2D eigenvalue weighted by molar-refractivity contribution is 8.49. The third-order valence-corrected chi connectivity index (χ3v) is 20.2. The standard InChI is InChI=1S/C65H52N2S/c1-68(56-36-17-6-18-37-56,57-38-19-7-20-39-57,58-40-21-8-22-41-58)59-42-24-34-53(44-59)61-46-55(48-25-9-2-10-26-48)45-60(64(61)50-29-13-4-14-30-50)52-33-23-35-54(43-52)63-47-62(49-27-11-3-12-28-49)66-65(67-63)51-31-15-5-16-32-51/h2,4-11,13-47,68H,3,12H2,1H3. The molecule has 3 heteroatoms. The first-order chi connectivity index (χ1) is 33.5. The van der Waals surface area contributed by atoms with E-state index in [-0.39, 0.29) is 0 Å². The second-order valence-corrected chi connectivity index (χ2v) is 23.0. The largest absolute Gasteiger partial charge is 0.228 e. The van der Waals surface area contributed by atoms with Gasteiger partial charge in [-0.15, -0.1) is 0 Å². The quantitative estimate of drug-likeness (QED) is 0.131. The van der Waals surface area contributed by atoms with Crippen molar-refractivity contribution in [1.29, 1.82) is 0 Å². The number of rotatable bonds is 11. The van der Waals surface area contributed by atoms with E-state index in [1.807, 2.05) is 6.07 Å². The highest BCUT2D eigenvalue weighted by Crippen LogP contribution is 2.87. The van der Waals surface area contributed by atoms with Gasteiger partial charge in [-0.25, -0.2) is 19.1 Å². The second-order valence-electron chi connectivity index (χ2n) is 17.8. The highest BCUT2D eigenvalue weighted by atomic mass is 32.3. The third kappa shape index (κ3) is 7.71. The van der Waals surface area contributed by atoms with Crippen LogP contribution in [0.5, 0.6) is 0 Å². The molecular formula is C65H52N2S. The molecule has 1 aromatic heterocycles. The monoisotopic (exact) mass is 892 g/mol. The molecule has 1 aliphatic rings. The summed E-state index contributed by atoms with van der Waals surface area (Å²) in [6.07, 6.45) is 11.3. The Hall–Kier alpha value is -8.11. The van der Waals surface area contributed by atoms with Gasteiger partial charge in [-0.1, -0.05) is 237 Å². The van der Waals surface area contributed by atoms with Crippen LogP contribution < -0.4 is 0 Å². The molecular weight excluding hydrogens is 841 g/mol. The van der Waals surface area contributed by atoms with Crippen molar-refractivity contribution in [3.05, 3.63) is 273 Å². The van der Waals surface area contributed by atoms with E-state index >= 15 is 0 Å². The summed E-state index contributed by atoms with van der Waals surface area (Å²) < 4.78 is 0. The van der Waals surface area contributed by atoms with Crippen LogP contribution in [0.4, 0.5) is 0 Å². The lowest BCUT2D eigenvalue weighted by molar-refractivity contribution is 1.03. The van der Waals surface area contributed by atoms with Crippen LogP contribution in [0.1, 0.15) is 18.5 Å². The lowest BCUT2D eigenvalue weighted by atomic mass is 9.84. The number of thiol groups is 1. The molecule has 0 fully saturated rings. The molecule has 1 aliphatic carbocycles. The van der Waals surface area contributed by atoms with Crippen LogP contribution >= 0.6 is 9.16 Å². The predicted molar refractivity (Wildman–Crippen MR) is 288 cm³/mol. The van der Waals surface area contributed by atoms with E-state index in [0.717, 1.165) is 80.1 Å². The molecule has 9 aromatic carbocycles. The Balaban J connectivity index is 1.17. The van der Waals surface area contributed by atoms with Crippen molar-refractivity contribution >= 4 is 14.7 Å². The van der Waals surface area contributed by atoms with E-state index in [1.165, 1.54) is 30.7 Å². The number of aromatic nitrogens is 2. The Morgan fingerprint density at radius 2 is 0.779 bits per heavy atom. The molecule has 328 valence electrons. The summed E-state index contributed by atoms with van der Waals surface area (Å²) >= 11 is 0. The molecule has 0 aliphatic heterocycles. The lowest BCUT2D eigenvalue weighted by Crippen LogP contribution is -2.19. The molecule has 0 unspecified atom stereocenters. The van der Waals surface area contributed by atoms with Gasteiger partial charge < -0.3 is 0 Å². The van der Waals surface area contributed by atoms with Crippen molar-refractivity contribution < 1.29 is 0 Å². The SMILES string of the molecule is C[SH](c1ccccc1)(c1ccccc1)(c1ccccc1)c1cccc(-c2cc(-c3ccccc3)cc(-c3cccc(-c4cc(C5=CCCC=C5)nc(-c5ccccc5)n4)c3)c2-c2ccccc2)c1. The fourth-order valence-corrected chi connectivity index (χ4v) is 15.7. The molecule has 0 N–H and O–H groups in total. The molecule has 0 atom stereocenters. The fraction of sp³-hybridized carbons (Fsp3) is 0.0462. The Bertz CT molecular complexity index is 3340. The van der Waals surface area contributed by atoms with Crippen LogP contribution in [0.2, 0.25) is 0 Å². The minimum Gasteiger partial charge on any atom is -0.228 e. The van der Waals surface area contributed by atoms with Crippen molar-refractivity contribution in [3.8, 4) is 67.2 Å². The van der Waals surface area contributed by atoms with Gasteiger partial charge in [-0.05, 0) is 119 Å². The van der Waals surface area contributed by atoms with E-state index < -0.39 is 9.16 Å². The zero-order valence-corrected chi connectivity index (χ0v) is 39.1. The first kappa shape index (κ1) is 42.5. The van der Waals surface area contributed by atoms with Crippen molar-refractivity contribution in [3.63, 3.8) is 0 Å². The minimum atomic E-state index is -3.37. The summed E-state index contributed by atoms with van der Waals surface area (Å²) in [5.41, 5.74) is 14.2. The molecule has 0 bridgehead atoms. The molecule has 0 spiro atoms. The smallest absolute Gasteiger partial charge is 0.160 e. The zero-order valence-electron chi connectivity index (χ0n) is 38.2. The van der Waals surface area contributed by atoms with Gasteiger partial charge in [0.05, 0.1) is 11.4 Å². The molecule has 2 nitrogen and oxygen atoms in total. The predicted octanol–water partition coefficient (Wildman–Crippen LogP) is 17.5.